The summed E-state index contributed by atoms with van der Waals surface area (Å²) in [5.41, 5.74) is 1.44. The van der Waals surface area contributed by atoms with E-state index in [4.69, 9.17) is 0 Å². The monoisotopic (exact) mass is 440 g/mol. The second kappa shape index (κ2) is 9.78. The average molecular weight is 441 g/mol. The Balaban J connectivity index is 1.61. The van der Waals surface area contributed by atoms with Crippen LogP contribution in [-0.2, 0) is 11.3 Å². The maximum atomic E-state index is 13.7. The van der Waals surface area contributed by atoms with E-state index in [1.165, 1.54) is 17.8 Å². The summed E-state index contributed by atoms with van der Waals surface area (Å²) in [6.07, 6.45) is 3.47. The summed E-state index contributed by atoms with van der Waals surface area (Å²) in [5, 5.41) is 6.33. The number of carbonyl (C=O) groups excluding carboxylic acids is 2. The molecule has 2 aromatic carbocycles. The Morgan fingerprint density at radius 2 is 1.81 bits per heavy atom. The van der Waals surface area contributed by atoms with E-state index in [1.807, 2.05) is 25.3 Å². The number of amides is 2. The topological polar surface area (TPSA) is 76.0 Å². The molecule has 0 saturated carbocycles. The van der Waals surface area contributed by atoms with Gasteiger partial charge in [0.15, 0.2) is 5.16 Å². The minimum absolute atomic E-state index is 0.0612. The van der Waals surface area contributed by atoms with Crippen LogP contribution in [0.15, 0.2) is 66.1 Å². The molecule has 0 atom stereocenters. The average Bonchev–Trinajstić information content (AvgIpc) is 3.19. The van der Waals surface area contributed by atoms with Gasteiger partial charge in [-0.2, -0.15) is 0 Å². The number of hydrogen-bond donors (Lipinski definition) is 2. The van der Waals surface area contributed by atoms with Gasteiger partial charge in [0, 0.05) is 41.3 Å². The van der Waals surface area contributed by atoms with Crippen molar-refractivity contribution in [2.24, 2.45) is 0 Å². The fourth-order valence-corrected chi connectivity index (χ4v) is 3.64. The Morgan fingerprint density at radius 3 is 2.48 bits per heavy atom. The van der Waals surface area contributed by atoms with Crippen LogP contribution in [0.3, 0.4) is 0 Å². The molecular formula is C23H25FN4O2S. The van der Waals surface area contributed by atoms with Crippen molar-refractivity contribution in [2.45, 2.75) is 38.0 Å². The van der Waals surface area contributed by atoms with Crippen molar-refractivity contribution in [1.82, 2.24) is 20.2 Å². The molecule has 162 valence electrons. The zero-order chi connectivity index (χ0) is 22.4. The summed E-state index contributed by atoms with van der Waals surface area (Å²) < 4.78 is 15.6. The Kier molecular flexibility index (Phi) is 7.12. The highest BCUT2D eigenvalue weighted by Gasteiger charge is 2.15. The molecule has 0 spiro atoms. The van der Waals surface area contributed by atoms with E-state index < -0.39 is 0 Å². The molecule has 2 N–H and O–H groups in total. The number of thioether (sulfide) groups is 1. The van der Waals surface area contributed by atoms with Gasteiger partial charge in [0.25, 0.3) is 5.91 Å². The van der Waals surface area contributed by atoms with Crippen LogP contribution >= 0.6 is 11.8 Å². The van der Waals surface area contributed by atoms with E-state index in [2.05, 4.69) is 15.6 Å². The van der Waals surface area contributed by atoms with Gasteiger partial charge in [-0.25, -0.2) is 9.37 Å². The molecule has 1 aromatic heterocycles. The van der Waals surface area contributed by atoms with Crippen LogP contribution in [0.1, 0.15) is 36.7 Å². The molecule has 8 heteroatoms. The predicted octanol–water partition coefficient (Wildman–Crippen LogP) is 3.95. The van der Waals surface area contributed by atoms with Gasteiger partial charge in [-0.05, 0) is 51.1 Å². The van der Waals surface area contributed by atoms with E-state index >= 15 is 0 Å². The fourth-order valence-electron chi connectivity index (χ4n) is 2.87. The van der Waals surface area contributed by atoms with Crippen molar-refractivity contribution in [1.29, 1.82) is 0 Å². The zero-order valence-corrected chi connectivity index (χ0v) is 18.5. The normalized spacial score (nSPS) is 11.2. The third-order valence-corrected chi connectivity index (χ3v) is 5.23. The molecule has 0 bridgehead atoms. The van der Waals surface area contributed by atoms with E-state index in [9.17, 15) is 14.0 Å². The van der Waals surface area contributed by atoms with Crippen LogP contribution in [0.5, 0.6) is 0 Å². The van der Waals surface area contributed by atoms with E-state index in [0.717, 1.165) is 5.69 Å². The highest BCUT2D eigenvalue weighted by Crippen LogP contribution is 2.21. The van der Waals surface area contributed by atoms with Gasteiger partial charge in [0.2, 0.25) is 5.91 Å². The summed E-state index contributed by atoms with van der Waals surface area (Å²) in [6.45, 7) is 5.92. The molecule has 0 radical (unpaired) electrons. The Bertz CT molecular complexity index is 1060. The van der Waals surface area contributed by atoms with Gasteiger partial charge in [0.05, 0.1) is 5.75 Å². The number of hydrogen-bond acceptors (Lipinski definition) is 4. The minimum Gasteiger partial charge on any atom is -0.351 e. The summed E-state index contributed by atoms with van der Waals surface area (Å²) in [5.74, 6) is -0.438. The standard InChI is InChI=1S/C23H25FN4O2S/c1-23(2,3)27-20(29)15-31-22-25-12-13-28(22)18-10-8-16(9-11-18)21(30)26-14-17-6-4-5-7-19(17)24/h4-13H,14-15H2,1-3H3,(H,26,30)(H,27,29). The molecule has 0 aliphatic heterocycles. The lowest BCUT2D eigenvalue weighted by molar-refractivity contribution is -0.119. The van der Waals surface area contributed by atoms with E-state index in [0.29, 0.717) is 16.3 Å². The van der Waals surface area contributed by atoms with Crippen LogP contribution in [0, 0.1) is 5.82 Å². The van der Waals surface area contributed by atoms with Gasteiger partial charge in [-0.3, -0.25) is 14.2 Å². The molecule has 0 aliphatic carbocycles. The summed E-state index contributed by atoms with van der Waals surface area (Å²) in [6, 6.07) is 13.4. The smallest absolute Gasteiger partial charge is 0.251 e. The Labute approximate surface area is 185 Å². The first-order chi connectivity index (χ1) is 14.7. The molecule has 0 unspecified atom stereocenters. The molecule has 2 amide bonds. The lowest BCUT2D eigenvalue weighted by atomic mass is 10.1. The maximum absolute atomic E-state index is 13.7. The molecule has 0 aliphatic rings. The van der Waals surface area contributed by atoms with Crippen molar-refractivity contribution in [3.05, 3.63) is 77.9 Å². The largest absolute Gasteiger partial charge is 0.351 e. The highest BCUT2D eigenvalue weighted by atomic mass is 32.2. The first-order valence-electron chi connectivity index (χ1n) is 9.82. The number of carbonyl (C=O) groups is 2. The van der Waals surface area contributed by atoms with Crippen LogP contribution in [0.2, 0.25) is 0 Å². The summed E-state index contributed by atoms with van der Waals surface area (Å²) in [7, 11) is 0. The summed E-state index contributed by atoms with van der Waals surface area (Å²) in [4.78, 5) is 28.8. The second-order valence-corrected chi connectivity index (χ2v) is 8.93. The Morgan fingerprint density at radius 1 is 1.10 bits per heavy atom. The van der Waals surface area contributed by atoms with Crippen molar-refractivity contribution >= 4 is 23.6 Å². The van der Waals surface area contributed by atoms with Crippen molar-refractivity contribution in [3.8, 4) is 5.69 Å². The molecule has 0 saturated heterocycles. The summed E-state index contributed by atoms with van der Waals surface area (Å²) >= 11 is 1.34. The van der Waals surface area contributed by atoms with Crippen molar-refractivity contribution in [2.75, 3.05) is 5.75 Å². The highest BCUT2D eigenvalue weighted by molar-refractivity contribution is 7.99. The van der Waals surface area contributed by atoms with Gasteiger partial charge in [-0.1, -0.05) is 30.0 Å². The molecule has 6 nitrogen and oxygen atoms in total. The number of nitrogens with zero attached hydrogens (tertiary/aromatic N) is 2. The zero-order valence-electron chi connectivity index (χ0n) is 17.7. The molecule has 3 aromatic rings. The molecular weight excluding hydrogens is 415 g/mol. The number of nitrogens with one attached hydrogen (secondary N) is 2. The van der Waals surface area contributed by atoms with Gasteiger partial charge >= 0.3 is 0 Å². The van der Waals surface area contributed by atoms with Crippen LogP contribution < -0.4 is 10.6 Å². The molecule has 3 rings (SSSR count). The lowest BCUT2D eigenvalue weighted by Crippen LogP contribution is -2.41. The van der Waals surface area contributed by atoms with Crippen LogP contribution in [-0.4, -0.2) is 32.7 Å². The SMILES string of the molecule is CC(C)(C)NC(=O)CSc1nccn1-c1ccc(C(=O)NCc2ccccc2F)cc1. The maximum Gasteiger partial charge on any atom is 0.251 e. The molecule has 31 heavy (non-hydrogen) atoms. The minimum atomic E-state index is -0.348. The molecule has 0 fully saturated rings. The van der Waals surface area contributed by atoms with Crippen molar-refractivity contribution < 1.29 is 14.0 Å². The third kappa shape index (κ3) is 6.42. The van der Waals surface area contributed by atoms with Crippen LogP contribution in [0.4, 0.5) is 4.39 Å². The van der Waals surface area contributed by atoms with E-state index in [-0.39, 0.29) is 35.5 Å². The van der Waals surface area contributed by atoms with Gasteiger partial charge in [-0.15, -0.1) is 0 Å². The van der Waals surface area contributed by atoms with E-state index in [1.54, 1.807) is 54.9 Å². The number of rotatable bonds is 7. The number of aromatic nitrogens is 2. The van der Waals surface area contributed by atoms with Crippen LogP contribution in [0.25, 0.3) is 5.69 Å². The number of benzene rings is 2. The third-order valence-electron chi connectivity index (χ3n) is 4.26. The Hall–Kier alpha value is -3.13. The lowest BCUT2D eigenvalue weighted by Gasteiger charge is -2.20. The number of halogens is 1. The first-order valence-corrected chi connectivity index (χ1v) is 10.8. The van der Waals surface area contributed by atoms with Crippen molar-refractivity contribution in [3.63, 3.8) is 0 Å². The predicted molar refractivity (Wildman–Crippen MR) is 120 cm³/mol. The number of imidazole rings is 1. The first kappa shape index (κ1) is 22.6. The molecule has 1 heterocycles. The quantitative estimate of drug-likeness (QED) is 0.546. The fraction of sp³-hybridized carbons (Fsp3) is 0.261. The van der Waals surface area contributed by atoms with Gasteiger partial charge < -0.3 is 10.6 Å². The second-order valence-electron chi connectivity index (χ2n) is 7.99. The van der Waals surface area contributed by atoms with Gasteiger partial charge in [0.1, 0.15) is 5.82 Å².